The summed E-state index contributed by atoms with van der Waals surface area (Å²) in [6.45, 7) is 8.52. The van der Waals surface area contributed by atoms with Crippen molar-refractivity contribution in [2.75, 3.05) is 13.1 Å². The summed E-state index contributed by atoms with van der Waals surface area (Å²) in [5, 5.41) is 12.6. The highest BCUT2D eigenvalue weighted by Crippen LogP contribution is 2.27. The molecule has 6 heteroatoms. The first-order chi connectivity index (χ1) is 16.2. The molecule has 4 N–H and O–H groups in total. The topological polar surface area (TPSA) is 84.2 Å². The Bertz CT molecular complexity index is 1270. The number of ether oxygens (including phenoxy) is 1. The number of aryl methyl sites for hydroxylation is 1. The van der Waals surface area contributed by atoms with Gasteiger partial charge in [0, 0.05) is 12.9 Å². The molecule has 4 rings (SSSR count). The van der Waals surface area contributed by atoms with Gasteiger partial charge in [0.25, 0.3) is 0 Å². The minimum absolute atomic E-state index is 0.443. The predicted molar refractivity (Wildman–Crippen MR) is 143 cm³/mol. The van der Waals surface area contributed by atoms with E-state index in [-0.39, 0.29) is 0 Å². The molecule has 34 heavy (non-hydrogen) atoms. The number of benzene rings is 3. The summed E-state index contributed by atoms with van der Waals surface area (Å²) in [6.07, 6.45) is 3.00. The molecule has 0 spiro atoms. The third-order valence-electron chi connectivity index (χ3n) is 6.83. The Morgan fingerprint density at radius 3 is 2.41 bits per heavy atom. The Morgan fingerprint density at radius 1 is 0.941 bits per heavy atom. The van der Waals surface area contributed by atoms with Crippen LogP contribution in [-0.2, 0) is 11.2 Å². The normalized spacial score (nSPS) is 12.5. The number of aromatic nitrogens is 2. The molecule has 0 aliphatic rings. The number of aromatic amines is 1. The first-order valence-electron chi connectivity index (χ1n) is 12.1. The second-order valence-electron chi connectivity index (χ2n) is 10.1. The third-order valence-corrected chi connectivity index (χ3v) is 6.83. The van der Waals surface area contributed by atoms with Gasteiger partial charge in [0.1, 0.15) is 5.82 Å². The largest absolute Gasteiger partial charge is 0.387 e. The number of nitrogens with two attached hydrogens (primary N) is 1. The Kier molecular flexibility index (Phi) is 7.13. The first-order valence-corrected chi connectivity index (χ1v) is 12.1. The fraction of sp³-hybridized carbons (Fsp3) is 0.393. The maximum atomic E-state index is 10.3. The zero-order chi connectivity index (χ0) is 24.3. The quantitative estimate of drug-likeness (QED) is 0.242. The molecule has 0 saturated carbocycles. The Morgan fingerprint density at radius 2 is 1.65 bits per heavy atom. The molecule has 1 heterocycles. The maximum absolute atomic E-state index is 10.3. The van der Waals surface area contributed by atoms with Gasteiger partial charge >= 0.3 is 0 Å². The predicted octanol–water partition coefficient (Wildman–Crippen LogP) is 4.52. The lowest BCUT2D eigenvalue weighted by molar-refractivity contribution is -0.135. The fourth-order valence-corrected chi connectivity index (χ4v) is 3.89. The number of unbranched alkanes of at least 4 members (excludes halogenated alkanes) is 1. The first kappa shape index (κ1) is 24.5. The van der Waals surface area contributed by atoms with Crippen LogP contribution in [0, 0.1) is 0 Å². The van der Waals surface area contributed by atoms with Crippen molar-refractivity contribution in [3.63, 3.8) is 0 Å². The molecule has 0 fully saturated rings. The molecule has 3 aromatic carbocycles. The van der Waals surface area contributed by atoms with Crippen LogP contribution in [0.1, 0.15) is 46.4 Å². The number of nitrogens with zero attached hydrogens (tertiary/aromatic N) is 1. The lowest BCUT2D eigenvalue weighted by Gasteiger charge is -2.37. The highest BCUT2D eigenvalue weighted by Gasteiger charge is 2.35. The average molecular weight is 456 g/mol. The summed E-state index contributed by atoms with van der Waals surface area (Å²) in [7, 11) is 2.05. The number of fused-ring (bicyclic) bond motifs is 2. The molecule has 0 bridgehead atoms. The van der Waals surface area contributed by atoms with Gasteiger partial charge in [-0.25, -0.2) is 4.98 Å². The molecule has 0 saturated heterocycles. The molecule has 0 aliphatic carbocycles. The highest BCUT2D eigenvalue weighted by molar-refractivity contribution is 6.53. The van der Waals surface area contributed by atoms with E-state index in [1.165, 1.54) is 21.9 Å². The van der Waals surface area contributed by atoms with E-state index in [1.54, 1.807) is 13.8 Å². The van der Waals surface area contributed by atoms with Gasteiger partial charge in [-0.1, -0.05) is 41.9 Å². The standard InChI is InChI=1S/C28H35BN3O2/c1-27(2,33)28(3,4)34-18-29-23-12-10-20-15-19(8-9-21(20)16-23)22-11-13-24-25(17-22)32-26(31-24)7-5-6-14-30/h8-13,15-17,33H,5-7,14,18,30H2,1-4H3,(H,31,32). The number of aliphatic hydroxyl groups is 1. The molecule has 5 nitrogen and oxygen atoms in total. The number of rotatable bonds is 10. The summed E-state index contributed by atoms with van der Waals surface area (Å²) in [6, 6.07) is 19.4. The van der Waals surface area contributed by atoms with E-state index in [0.29, 0.717) is 6.51 Å². The Balaban J connectivity index is 1.47. The zero-order valence-electron chi connectivity index (χ0n) is 20.7. The summed E-state index contributed by atoms with van der Waals surface area (Å²) in [5.74, 6) is 1.03. The summed E-state index contributed by atoms with van der Waals surface area (Å²) >= 11 is 0. The van der Waals surface area contributed by atoms with Gasteiger partial charge in [0.2, 0.25) is 0 Å². The number of hydrogen-bond donors (Lipinski definition) is 3. The van der Waals surface area contributed by atoms with Gasteiger partial charge in [0.15, 0.2) is 7.28 Å². The molecule has 1 radical (unpaired) electrons. The summed E-state index contributed by atoms with van der Waals surface area (Å²) < 4.78 is 5.93. The molecule has 0 atom stereocenters. The lowest BCUT2D eigenvalue weighted by Crippen LogP contribution is -2.48. The van der Waals surface area contributed by atoms with Crippen LogP contribution in [0.5, 0.6) is 0 Å². The minimum atomic E-state index is -0.911. The zero-order valence-corrected chi connectivity index (χ0v) is 20.7. The third kappa shape index (κ3) is 5.52. The second-order valence-corrected chi connectivity index (χ2v) is 10.1. The van der Waals surface area contributed by atoms with Gasteiger partial charge < -0.3 is 20.6 Å². The molecule has 177 valence electrons. The lowest BCUT2D eigenvalue weighted by atomic mass is 9.70. The van der Waals surface area contributed by atoms with Crippen LogP contribution in [0.2, 0.25) is 0 Å². The molecular formula is C28H35BN3O2. The van der Waals surface area contributed by atoms with Gasteiger partial charge in [-0.2, -0.15) is 0 Å². The van der Waals surface area contributed by atoms with E-state index >= 15 is 0 Å². The highest BCUT2D eigenvalue weighted by atomic mass is 16.5. The number of imidazole rings is 1. The van der Waals surface area contributed by atoms with E-state index < -0.39 is 11.2 Å². The van der Waals surface area contributed by atoms with Crippen LogP contribution in [0.3, 0.4) is 0 Å². The van der Waals surface area contributed by atoms with Crippen LogP contribution in [-0.4, -0.2) is 46.6 Å². The van der Waals surface area contributed by atoms with E-state index in [2.05, 4.69) is 66.9 Å². The molecule has 1 aromatic heterocycles. The molecule has 4 aromatic rings. The Hall–Kier alpha value is -2.67. The number of hydrogen-bond acceptors (Lipinski definition) is 4. The van der Waals surface area contributed by atoms with Gasteiger partial charge in [-0.3, -0.25) is 0 Å². The van der Waals surface area contributed by atoms with E-state index in [0.717, 1.165) is 48.1 Å². The molecular weight excluding hydrogens is 421 g/mol. The monoisotopic (exact) mass is 456 g/mol. The number of H-pyrrole nitrogens is 1. The van der Waals surface area contributed by atoms with Crippen LogP contribution >= 0.6 is 0 Å². The van der Waals surface area contributed by atoms with Gasteiger partial charge in [-0.05, 0) is 87.2 Å². The molecule has 0 aliphatic heterocycles. The minimum Gasteiger partial charge on any atom is -0.387 e. The van der Waals surface area contributed by atoms with Crippen molar-refractivity contribution in [3.05, 3.63) is 60.4 Å². The van der Waals surface area contributed by atoms with E-state index in [9.17, 15) is 5.11 Å². The van der Waals surface area contributed by atoms with E-state index in [4.69, 9.17) is 15.5 Å². The van der Waals surface area contributed by atoms with Crippen molar-refractivity contribution in [1.82, 2.24) is 9.97 Å². The SMILES string of the molecule is CC(C)(O)C(C)(C)OC[B]c1ccc2cc(-c3ccc4nc(CCCCN)[nH]c4c3)ccc2c1. The summed E-state index contributed by atoms with van der Waals surface area (Å²) in [5.41, 5.74) is 9.59. The van der Waals surface area contributed by atoms with Crippen molar-refractivity contribution in [2.45, 2.75) is 58.2 Å². The van der Waals surface area contributed by atoms with Crippen LogP contribution in [0.4, 0.5) is 0 Å². The van der Waals surface area contributed by atoms with Crippen molar-refractivity contribution in [3.8, 4) is 11.1 Å². The van der Waals surface area contributed by atoms with Crippen molar-refractivity contribution < 1.29 is 9.84 Å². The Labute approximate surface area is 203 Å². The average Bonchev–Trinajstić information content (AvgIpc) is 3.20. The fourth-order valence-electron chi connectivity index (χ4n) is 3.89. The molecule has 0 amide bonds. The van der Waals surface area contributed by atoms with Crippen molar-refractivity contribution >= 4 is 34.5 Å². The van der Waals surface area contributed by atoms with E-state index in [1.807, 2.05) is 13.8 Å². The van der Waals surface area contributed by atoms with Crippen LogP contribution in [0.15, 0.2) is 54.6 Å². The smallest absolute Gasteiger partial charge is 0.185 e. The molecule has 0 unspecified atom stereocenters. The number of nitrogens with one attached hydrogen (secondary N) is 1. The summed E-state index contributed by atoms with van der Waals surface area (Å²) in [4.78, 5) is 8.17. The van der Waals surface area contributed by atoms with Gasteiger partial charge in [0.05, 0.1) is 22.2 Å². The van der Waals surface area contributed by atoms with Crippen LogP contribution < -0.4 is 11.2 Å². The second kappa shape index (κ2) is 9.91. The van der Waals surface area contributed by atoms with Crippen molar-refractivity contribution in [1.29, 1.82) is 0 Å². The van der Waals surface area contributed by atoms with Crippen molar-refractivity contribution in [2.24, 2.45) is 5.73 Å². The van der Waals surface area contributed by atoms with Crippen LogP contribution in [0.25, 0.3) is 32.9 Å². The maximum Gasteiger partial charge on any atom is 0.185 e. The van der Waals surface area contributed by atoms with Gasteiger partial charge in [-0.15, -0.1) is 0 Å².